The van der Waals surface area contributed by atoms with Crippen molar-refractivity contribution >= 4 is 38.9 Å². The van der Waals surface area contributed by atoms with Crippen LogP contribution in [0.25, 0.3) is 0 Å². The summed E-state index contributed by atoms with van der Waals surface area (Å²) in [6.07, 6.45) is 0.331. The second kappa shape index (κ2) is 7.47. The molecule has 4 nitrogen and oxygen atoms in total. The van der Waals surface area contributed by atoms with Crippen LogP contribution < -0.4 is 10.5 Å². The van der Waals surface area contributed by atoms with E-state index in [2.05, 4.69) is 15.9 Å². The minimum Gasteiger partial charge on any atom is -0.491 e. The molecule has 2 N–H and O–H groups in total. The highest BCUT2D eigenvalue weighted by Gasteiger charge is 2.11. The van der Waals surface area contributed by atoms with Crippen molar-refractivity contribution < 1.29 is 9.53 Å². The van der Waals surface area contributed by atoms with Gasteiger partial charge in [-0.3, -0.25) is 4.79 Å². The number of ether oxygens (including phenoxy) is 1. The van der Waals surface area contributed by atoms with Crippen molar-refractivity contribution in [2.75, 3.05) is 19.4 Å². The predicted molar refractivity (Wildman–Crippen MR) is 89.5 cm³/mol. The summed E-state index contributed by atoms with van der Waals surface area (Å²) < 4.78 is 6.58. The van der Waals surface area contributed by atoms with Crippen molar-refractivity contribution in [1.29, 1.82) is 0 Å². The number of hydrogen-bond acceptors (Lipinski definition) is 4. The fourth-order valence-corrected chi connectivity index (χ4v) is 3.31. The van der Waals surface area contributed by atoms with E-state index in [4.69, 9.17) is 10.5 Å². The first-order valence-corrected chi connectivity index (χ1v) is 8.17. The number of thiophene rings is 1. The molecule has 1 aromatic carbocycles. The average molecular weight is 369 g/mol. The molecule has 6 heteroatoms. The van der Waals surface area contributed by atoms with Crippen LogP contribution >= 0.6 is 27.3 Å². The molecule has 0 spiro atoms. The molecule has 0 atom stereocenters. The van der Waals surface area contributed by atoms with Gasteiger partial charge in [0.1, 0.15) is 5.75 Å². The fraction of sp³-hybridized carbons (Fsp3) is 0.267. The first-order valence-electron chi connectivity index (χ1n) is 6.50. The third-order valence-corrected chi connectivity index (χ3v) is 4.62. The lowest BCUT2D eigenvalue weighted by Crippen LogP contribution is -2.27. The monoisotopic (exact) mass is 368 g/mol. The molecule has 0 unspecified atom stereocenters. The van der Waals surface area contributed by atoms with E-state index >= 15 is 0 Å². The van der Waals surface area contributed by atoms with Crippen molar-refractivity contribution in [3.8, 4) is 5.75 Å². The molecular weight excluding hydrogens is 352 g/mol. The molecule has 21 heavy (non-hydrogen) atoms. The Balaban J connectivity index is 1.77. The summed E-state index contributed by atoms with van der Waals surface area (Å²) in [5.74, 6) is 0.671. The summed E-state index contributed by atoms with van der Waals surface area (Å²) in [5, 5.41) is 2.01. The third-order valence-electron chi connectivity index (χ3n) is 2.93. The number of nitrogens with two attached hydrogens (primary N) is 1. The van der Waals surface area contributed by atoms with E-state index < -0.39 is 0 Å². The summed E-state index contributed by atoms with van der Waals surface area (Å²) in [6.45, 7) is 0.939. The Morgan fingerprint density at radius 2 is 2.19 bits per heavy atom. The van der Waals surface area contributed by atoms with E-state index in [1.54, 1.807) is 35.4 Å². The molecule has 0 aliphatic heterocycles. The predicted octanol–water partition coefficient (Wildman–Crippen LogP) is 3.52. The van der Waals surface area contributed by atoms with Gasteiger partial charge in [0.2, 0.25) is 5.91 Å². The summed E-state index contributed by atoms with van der Waals surface area (Å²) >= 11 is 5.04. The minimum atomic E-state index is 0.0500. The molecule has 0 fully saturated rings. The highest BCUT2D eigenvalue weighted by atomic mass is 79.9. The van der Waals surface area contributed by atoms with Gasteiger partial charge in [0.05, 0.1) is 25.3 Å². The molecule has 0 radical (unpaired) electrons. The molecule has 2 rings (SSSR count). The maximum absolute atomic E-state index is 12.0. The molecule has 0 bridgehead atoms. The van der Waals surface area contributed by atoms with E-state index in [9.17, 15) is 4.79 Å². The second-order valence-corrected chi connectivity index (χ2v) is 6.53. The van der Waals surface area contributed by atoms with Gasteiger partial charge in [0.15, 0.2) is 0 Å². The van der Waals surface area contributed by atoms with Gasteiger partial charge in [0.25, 0.3) is 0 Å². The topological polar surface area (TPSA) is 55.6 Å². The number of benzene rings is 1. The molecule has 112 valence electrons. The number of carbonyl (C=O) groups is 1. The normalized spacial score (nSPS) is 10.4. The summed E-state index contributed by atoms with van der Waals surface area (Å²) in [7, 11) is 1.80. The first-order chi connectivity index (χ1) is 10.1. The molecule has 0 aliphatic rings. The average Bonchev–Trinajstić information content (AvgIpc) is 2.86. The van der Waals surface area contributed by atoms with Crippen molar-refractivity contribution in [3.05, 3.63) is 45.1 Å². The molecule has 0 aliphatic carbocycles. The minimum absolute atomic E-state index is 0.0500. The van der Waals surface area contributed by atoms with E-state index in [1.807, 2.05) is 23.6 Å². The van der Waals surface area contributed by atoms with Crippen LogP contribution in [0.3, 0.4) is 0 Å². The van der Waals surface area contributed by atoms with Crippen LogP contribution in [0.15, 0.2) is 40.2 Å². The number of carbonyl (C=O) groups excluding carboxylic acids is 1. The summed E-state index contributed by atoms with van der Waals surface area (Å²) in [6, 6.07) is 9.30. The number of rotatable bonds is 6. The van der Waals surface area contributed by atoms with Gasteiger partial charge < -0.3 is 15.4 Å². The second-order valence-electron chi connectivity index (χ2n) is 4.62. The van der Waals surface area contributed by atoms with E-state index in [-0.39, 0.29) is 5.91 Å². The van der Waals surface area contributed by atoms with Crippen molar-refractivity contribution in [2.24, 2.45) is 0 Å². The molecule has 1 heterocycles. The number of anilines is 1. The summed E-state index contributed by atoms with van der Waals surface area (Å²) in [4.78, 5) is 14.9. The number of nitrogen functional groups attached to an aromatic ring is 1. The van der Waals surface area contributed by atoms with Crippen LogP contribution in [0.4, 0.5) is 5.69 Å². The SMILES string of the molecule is CN(Cc1cc(Br)cs1)C(=O)CCOc1ccccc1N. The first kappa shape index (κ1) is 15.9. The van der Waals surface area contributed by atoms with Crippen LogP contribution in [0.1, 0.15) is 11.3 Å². The van der Waals surface area contributed by atoms with Gasteiger partial charge in [-0.2, -0.15) is 0 Å². The molecule has 2 aromatic rings. The Labute approximate surface area is 136 Å². The quantitative estimate of drug-likeness (QED) is 0.793. The molecule has 1 aromatic heterocycles. The summed E-state index contributed by atoms with van der Waals surface area (Å²) in [5.41, 5.74) is 6.36. The van der Waals surface area contributed by atoms with Gasteiger partial charge in [-0.15, -0.1) is 11.3 Å². The van der Waals surface area contributed by atoms with E-state index in [1.165, 1.54) is 0 Å². The molecule has 0 saturated carbocycles. The zero-order chi connectivity index (χ0) is 15.2. The smallest absolute Gasteiger partial charge is 0.226 e. The number of para-hydroxylation sites is 2. The fourth-order valence-electron chi connectivity index (χ4n) is 1.81. The van der Waals surface area contributed by atoms with Crippen LogP contribution in [0.2, 0.25) is 0 Å². The number of hydrogen-bond donors (Lipinski definition) is 1. The van der Waals surface area contributed by atoms with E-state index in [0.717, 1.165) is 9.35 Å². The maximum Gasteiger partial charge on any atom is 0.226 e. The van der Waals surface area contributed by atoms with Gasteiger partial charge >= 0.3 is 0 Å². The van der Waals surface area contributed by atoms with Crippen LogP contribution in [0.5, 0.6) is 5.75 Å². The zero-order valence-corrected chi connectivity index (χ0v) is 14.1. The Bertz CT molecular complexity index is 615. The maximum atomic E-state index is 12.0. The lowest BCUT2D eigenvalue weighted by molar-refractivity contribution is -0.130. The van der Waals surface area contributed by atoms with Crippen LogP contribution in [-0.2, 0) is 11.3 Å². The van der Waals surface area contributed by atoms with Crippen LogP contribution in [0, 0.1) is 0 Å². The van der Waals surface area contributed by atoms with Crippen molar-refractivity contribution in [1.82, 2.24) is 4.90 Å². The van der Waals surface area contributed by atoms with Gasteiger partial charge in [-0.25, -0.2) is 0 Å². The van der Waals surface area contributed by atoms with E-state index in [0.29, 0.717) is 31.0 Å². The third kappa shape index (κ3) is 4.75. The zero-order valence-electron chi connectivity index (χ0n) is 11.7. The Hall–Kier alpha value is -1.53. The van der Waals surface area contributed by atoms with Gasteiger partial charge in [-0.05, 0) is 34.1 Å². The van der Waals surface area contributed by atoms with Gasteiger partial charge in [0, 0.05) is 21.8 Å². The van der Waals surface area contributed by atoms with Crippen molar-refractivity contribution in [3.63, 3.8) is 0 Å². The molecule has 1 amide bonds. The lowest BCUT2D eigenvalue weighted by atomic mass is 10.3. The van der Waals surface area contributed by atoms with Crippen molar-refractivity contribution in [2.45, 2.75) is 13.0 Å². The lowest BCUT2D eigenvalue weighted by Gasteiger charge is -2.16. The Morgan fingerprint density at radius 3 is 2.86 bits per heavy atom. The largest absolute Gasteiger partial charge is 0.491 e. The Kier molecular flexibility index (Phi) is 5.64. The highest BCUT2D eigenvalue weighted by molar-refractivity contribution is 9.10. The number of halogens is 1. The van der Waals surface area contributed by atoms with Gasteiger partial charge in [-0.1, -0.05) is 12.1 Å². The highest BCUT2D eigenvalue weighted by Crippen LogP contribution is 2.21. The Morgan fingerprint density at radius 1 is 1.43 bits per heavy atom. The standard InChI is InChI=1S/C15H17BrN2O2S/c1-18(9-12-8-11(16)10-21-12)15(19)6-7-20-14-5-3-2-4-13(14)17/h2-5,8,10H,6-7,9,17H2,1H3. The number of amides is 1. The molecule has 0 saturated heterocycles. The van der Waals surface area contributed by atoms with Crippen LogP contribution in [-0.4, -0.2) is 24.5 Å². The molecular formula is C15H17BrN2O2S. The number of nitrogens with zero attached hydrogens (tertiary/aromatic N) is 1.